The van der Waals surface area contributed by atoms with Gasteiger partial charge in [-0.2, -0.15) is 0 Å². The summed E-state index contributed by atoms with van der Waals surface area (Å²) in [5, 5.41) is 2.51. The van der Waals surface area contributed by atoms with Gasteiger partial charge in [0.05, 0.1) is 11.0 Å². The molecule has 1 N–H and O–H groups in total. The molecule has 3 rings (SSSR count). The van der Waals surface area contributed by atoms with Gasteiger partial charge >= 0.3 is 5.69 Å². The van der Waals surface area contributed by atoms with Crippen LogP contribution in [0.15, 0.2) is 39.0 Å². The number of fused-ring (bicyclic) bond motifs is 1. The highest BCUT2D eigenvalue weighted by Crippen LogP contribution is 2.24. The van der Waals surface area contributed by atoms with Crippen molar-refractivity contribution < 1.29 is 0 Å². The smallest absolute Gasteiger partial charge is 0.305 e. The van der Waals surface area contributed by atoms with Gasteiger partial charge in [0.2, 0.25) is 0 Å². The number of benzene rings is 1. The third-order valence-corrected chi connectivity index (χ3v) is 3.66. The van der Waals surface area contributed by atoms with Gasteiger partial charge in [-0.3, -0.25) is 0 Å². The van der Waals surface area contributed by atoms with E-state index in [1.807, 2.05) is 23.6 Å². The molecule has 80 valence electrons. The molecule has 6 heteroatoms. The van der Waals surface area contributed by atoms with Crippen molar-refractivity contribution in [3.05, 3.63) is 44.7 Å². The largest absolute Gasteiger partial charge is 0.332 e. The van der Waals surface area contributed by atoms with Gasteiger partial charge in [-0.15, -0.1) is 11.3 Å². The Kier molecular flexibility index (Phi) is 2.19. The monoisotopic (exact) mass is 295 g/mol. The van der Waals surface area contributed by atoms with Crippen LogP contribution in [-0.4, -0.2) is 14.5 Å². The fourth-order valence-electron chi connectivity index (χ4n) is 1.62. The minimum absolute atomic E-state index is 0.170. The lowest BCUT2D eigenvalue weighted by atomic mass is 10.3. The van der Waals surface area contributed by atoms with Crippen LogP contribution in [0.3, 0.4) is 0 Å². The zero-order chi connectivity index (χ0) is 11.1. The Morgan fingerprint density at radius 2 is 2.31 bits per heavy atom. The number of hydrogen-bond donors (Lipinski definition) is 1. The molecular weight excluding hydrogens is 290 g/mol. The van der Waals surface area contributed by atoms with Gasteiger partial charge in [0, 0.05) is 16.0 Å². The van der Waals surface area contributed by atoms with Crippen LogP contribution in [0.5, 0.6) is 0 Å². The first kappa shape index (κ1) is 9.80. The molecule has 4 nitrogen and oxygen atoms in total. The molecule has 0 saturated carbocycles. The Labute approximate surface area is 103 Å². The number of hydrogen-bond acceptors (Lipinski definition) is 3. The Morgan fingerprint density at radius 3 is 3.06 bits per heavy atom. The highest BCUT2D eigenvalue weighted by molar-refractivity contribution is 9.10. The maximum Gasteiger partial charge on any atom is 0.332 e. The van der Waals surface area contributed by atoms with E-state index in [-0.39, 0.29) is 5.69 Å². The maximum absolute atomic E-state index is 11.8. The molecule has 0 fully saturated rings. The number of halogens is 1. The van der Waals surface area contributed by atoms with Crippen LogP contribution in [0.1, 0.15) is 0 Å². The van der Waals surface area contributed by atoms with Crippen LogP contribution < -0.4 is 5.69 Å². The molecule has 0 atom stereocenters. The number of aromatic amines is 1. The minimum Gasteiger partial charge on any atom is -0.305 e. The molecule has 0 bridgehead atoms. The van der Waals surface area contributed by atoms with Crippen molar-refractivity contribution in [1.82, 2.24) is 14.5 Å². The van der Waals surface area contributed by atoms with Gasteiger partial charge in [0.25, 0.3) is 0 Å². The van der Waals surface area contributed by atoms with Crippen LogP contribution in [0.4, 0.5) is 0 Å². The van der Waals surface area contributed by atoms with Gasteiger partial charge in [0.1, 0.15) is 0 Å². The number of H-pyrrole nitrogens is 1. The summed E-state index contributed by atoms with van der Waals surface area (Å²) >= 11 is 4.87. The van der Waals surface area contributed by atoms with E-state index in [9.17, 15) is 4.79 Å². The third kappa shape index (κ3) is 1.34. The van der Waals surface area contributed by atoms with Gasteiger partial charge < -0.3 is 4.98 Å². The molecule has 0 amide bonds. The van der Waals surface area contributed by atoms with E-state index in [1.54, 1.807) is 10.8 Å². The van der Waals surface area contributed by atoms with Gasteiger partial charge in [-0.05, 0) is 28.1 Å². The van der Waals surface area contributed by atoms with Gasteiger partial charge in [-0.1, -0.05) is 6.07 Å². The van der Waals surface area contributed by atoms with Crippen LogP contribution in [0, 0.1) is 0 Å². The molecule has 0 aliphatic carbocycles. The molecule has 0 aliphatic rings. The molecule has 2 heterocycles. The first-order valence-corrected chi connectivity index (χ1v) is 6.24. The fraction of sp³-hybridized carbons (Fsp3) is 0. The van der Waals surface area contributed by atoms with E-state index in [0.717, 1.165) is 15.5 Å². The Bertz CT molecular complexity index is 698. The van der Waals surface area contributed by atoms with Crippen molar-refractivity contribution in [1.29, 1.82) is 0 Å². The quantitative estimate of drug-likeness (QED) is 0.750. The average Bonchev–Trinajstić information content (AvgIpc) is 2.84. The second kappa shape index (κ2) is 3.57. The lowest BCUT2D eigenvalue weighted by molar-refractivity contribution is 0.996. The van der Waals surface area contributed by atoms with Crippen molar-refractivity contribution in [3.63, 3.8) is 0 Å². The first-order valence-electron chi connectivity index (χ1n) is 4.56. The predicted molar refractivity (Wildman–Crippen MR) is 67.3 cm³/mol. The lowest BCUT2D eigenvalue weighted by Crippen LogP contribution is -2.14. The fourth-order valence-corrected chi connectivity index (χ4v) is 2.81. The van der Waals surface area contributed by atoms with Gasteiger partial charge in [0.15, 0.2) is 5.13 Å². The van der Waals surface area contributed by atoms with E-state index in [1.165, 1.54) is 11.3 Å². The Morgan fingerprint density at radius 1 is 1.44 bits per heavy atom. The summed E-state index contributed by atoms with van der Waals surface area (Å²) in [7, 11) is 0. The highest BCUT2D eigenvalue weighted by atomic mass is 79.9. The molecule has 0 saturated heterocycles. The van der Waals surface area contributed by atoms with Crippen LogP contribution >= 0.6 is 27.3 Å². The molecule has 16 heavy (non-hydrogen) atoms. The second-order valence-electron chi connectivity index (χ2n) is 3.22. The number of thiazole rings is 1. The van der Waals surface area contributed by atoms with E-state index in [0.29, 0.717) is 5.13 Å². The van der Waals surface area contributed by atoms with E-state index < -0.39 is 0 Å². The summed E-state index contributed by atoms with van der Waals surface area (Å²) in [6.07, 6.45) is 1.68. The number of nitrogens with one attached hydrogen (secondary N) is 1. The lowest BCUT2D eigenvalue weighted by Gasteiger charge is -1.99. The molecule has 0 aliphatic heterocycles. The van der Waals surface area contributed by atoms with E-state index >= 15 is 0 Å². The molecule has 0 radical (unpaired) electrons. The number of imidazole rings is 1. The topological polar surface area (TPSA) is 50.7 Å². The number of rotatable bonds is 1. The van der Waals surface area contributed by atoms with Crippen LogP contribution in [-0.2, 0) is 0 Å². The average molecular weight is 296 g/mol. The number of para-hydroxylation sites is 1. The summed E-state index contributed by atoms with van der Waals surface area (Å²) in [5.74, 6) is 0. The first-order chi connectivity index (χ1) is 7.77. The molecule has 2 aromatic heterocycles. The third-order valence-electron chi connectivity index (χ3n) is 2.27. The zero-order valence-electron chi connectivity index (χ0n) is 7.98. The molecule has 0 unspecified atom stereocenters. The maximum atomic E-state index is 11.8. The van der Waals surface area contributed by atoms with Gasteiger partial charge in [-0.25, -0.2) is 14.3 Å². The summed E-state index contributed by atoms with van der Waals surface area (Å²) < 4.78 is 2.45. The zero-order valence-corrected chi connectivity index (χ0v) is 10.4. The van der Waals surface area contributed by atoms with Crippen molar-refractivity contribution in [2.24, 2.45) is 0 Å². The van der Waals surface area contributed by atoms with E-state index in [2.05, 4.69) is 25.9 Å². The summed E-state index contributed by atoms with van der Waals surface area (Å²) in [6, 6.07) is 5.65. The molecule has 3 aromatic rings. The van der Waals surface area contributed by atoms with Crippen molar-refractivity contribution >= 4 is 38.3 Å². The SMILES string of the molecule is O=c1[nH]c2cccc(Br)c2n1-c1nccs1. The molecule has 0 spiro atoms. The van der Waals surface area contributed by atoms with Crippen LogP contribution in [0.25, 0.3) is 16.2 Å². The Balaban J connectivity index is 2.49. The summed E-state index contributed by atoms with van der Waals surface area (Å²) in [6.45, 7) is 0. The second-order valence-corrected chi connectivity index (χ2v) is 4.94. The van der Waals surface area contributed by atoms with E-state index in [4.69, 9.17) is 0 Å². The minimum atomic E-state index is -0.170. The summed E-state index contributed by atoms with van der Waals surface area (Å²) in [5.41, 5.74) is 1.45. The van der Waals surface area contributed by atoms with Crippen molar-refractivity contribution in [2.45, 2.75) is 0 Å². The standard InChI is InChI=1S/C10H6BrN3OS/c11-6-2-1-3-7-8(6)14(9(15)13-7)10-12-4-5-16-10/h1-5H,(H,13,15). The van der Waals surface area contributed by atoms with Crippen molar-refractivity contribution in [3.8, 4) is 5.13 Å². The highest BCUT2D eigenvalue weighted by Gasteiger charge is 2.12. The molecular formula is C10H6BrN3OS. The Hall–Kier alpha value is -1.40. The summed E-state index contributed by atoms with van der Waals surface area (Å²) in [4.78, 5) is 18.8. The molecule has 1 aromatic carbocycles. The number of aromatic nitrogens is 3. The van der Waals surface area contributed by atoms with Crippen molar-refractivity contribution in [2.75, 3.05) is 0 Å². The number of nitrogens with zero attached hydrogens (tertiary/aromatic N) is 2. The normalized spacial score (nSPS) is 11.1. The predicted octanol–water partition coefficient (Wildman–Crippen LogP) is 2.54. The van der Waals surface area contributed by atoms with Crippen LogP contribution in [0.2, 0.25) is 0 Å².